The summed E-state index contributed by atoms with van der Waals surface area (Å²) in [6, 6.07) is 2.58. The minimum absolute atomic E-state index is 0.290. The van der Waals surface area contributed by atoms with Crippen LogP contribution in [0.4, 0.5) is 8.78 Å². The highest BCUT2D eigenvalue weighted by molar-refractivity contribution is 7.98. The second kappa shape index (κ2) is 3.76. The Labute approximate surface area is 92.0 Å². The van der Waals surface area contributed by atoms with Gasteiger partial charge in [-0.2, -0.15) is 0 Å². The molecule has 0 heterocycles. The Balaban J connectivity index is 2.45. The average Bonchev–Trinajstić information content (AvgIpc) is 3.01. The summed E-state index contributed by atoms with van der Waals surface area (Å²) in [5.41, 5.74) is 5.75. The van der Waals surface area contributed by atoms with Gasteiger partial charge in [-0.1, -0.05) is 0 Å². The van der Waals surface area contributed by atoms with Gasteiger partial charge in [0.05, 0.1) is 0 Å². The van der Waals surface area contributed by atoms with Crippen molar-refractivity contribution in [3.8, 4) is 0 Å². The molecule has 2 rings (SSSR count). The Kier molecular flexibility index (Phi) is 2.73. The fourth-order valence-electron chi connectivity index (χ4n) is 1.83. The van der Waals surface area contributed by atoms with Crippen LogP contribution in [0.2, 0.25) is 0 Å². The fraction of sp³-hybridized carbons (Fsp3) is 0.455. The van der Waals surface area contributed by atoms with Crippen LogP contribution in [0.1, 0.15) is 18.4 Å². The summed E-state index contributed by atoms with van der Waals surface area (Å²) in [5, 5.41) is 0. The van der Waals surface area contributed by atoms with Gasteiger partial charge in [-0.15, -0.1) is 11.8 Å². The SMILES string of the molecule is CSc1cc(F)c(C2(CN)CC2)cc1F. The van der Waals surface area contributed by atoms with E-state index in [9.17, 15) is 8.78 Å². The minimum atomic E-state index is -0.348. The molecule has 82 valence electrons. The van der Waals surface area contributed by atoms with E-state index in [1.807, 2.05) is 0 Å². The van der Waals surface area contributed by atoms with Crippen LogP contribution >= 0.6 is 11.8 Å². The topological polar surface area (TPSA) is 26.0 Å². The molecular weight excluding hydrogens is 216 g/mol. The minimum Gasteiger partial charge on any atom is -0.330 e. The molecule has 0 aromatic heterocycles. The molecule has 1 aliphatic rings. The zero-order valence-electron chi connectivity index (χ0n) is 8.52. The molecule has 1 nitrogen and oxygen atoms in total. The molecule has 1 fully saturated rings. The fourth-order valence-corrected chi connectivity index (χ4v) is 2.30. The van der Waals surface area contributed by atoms with Crippen molar-refractivity contribution in [2.75, 3.05) is 12.8 Å². The average molecular weight is 229 g/mol. The third-order valence-corrected chi connectivity index (χ3v) is 3.81. The molecule has 0 atom stereocenters. The highest BCUT2D eigenvalue weighted by Gasteiger charge is 2.45. The molecule has 1 saturated carbocycles. The van der Waals surface area contributed by atoms with Crippen LogP contribution in [-0.4, -0.2) is 12.8 Å². The van der Waals surface area contributed by atoms with Gasteiger partial charge in [0.2, 0.25) is 0 Å². The summed E-state index contributed by atoms with van der Waals surface area (Å²) >= 11 is 1.21. The van der Waals surface area contributed by atoms with Gasteiger partial charge in [0.25, 0.3) is 0 Å². The molecule has 15 heavy (non-hydrogen) atoms. The first-order chi connectivity index (χ1) is 7.13. The zero-order chi connectivity index (χ0) is 11.1. The van der Waals surface area contributed by atoms with Gasteiger partial charge < -0.3 is 5.73 Å². The van der Waals surface area contributed by atoms with Crippen molar-refractivity contribution in [1.82, 2.24) is 0 Å². The maximum atomic E-state index is 13.7. The summed E-state index contributed by atoms with van der Waals surface area (Å²) < 4.78 is 27.2. The normalized spacial score (nSPS) is 17.9. The van der Waals surface area contributed by atoms with Crippen LogP contribution in [0.5, 0.6) is 0 Å². The summed E-state index contributed by atoms with van der Waals surface area (Å²) in [6.45, 7) is 0.391. The second-order valence-electron chi connectivity index (χ2n) is 3.95. The number of nitrogens with two attached hydrogens (primary N) is 1. The van der Waals surface area contributed by atoms with Crippen molar-refractivity contribution in [2.24, 2.45) is 5.73 Å². The van der Waals surface area contributed by atoms with Crippen molar-refractivity contribution < 1.29 is 8.78 Å². The summed E-state index contributed by atoms with van der Waals surface area (Å²) in [7, 11) is 0. The molecule has 0 amide bonds. The molecule has 2 N–H and O–H groups in total. The smallest absolute Gasteiger partial charge is 0.137 e. The first-order valence-corrected chi connectivity index (χ1v) is 6.09. The predicted octanol–water partition coefficient (Wildman–Crippen LogP) is 2.68. The monoisotopic (exact) mass is 229 g/mol. The second-order valence-corrected chi connectivity index (χ2v) is 4.80. The lowest BCUT2D eigenvalue weighted by Gasteiger charge is -2.14. The van der Waals surface area contributed by atoms with Gasteiger partial charge in [0.15, 0.2) is 0 Å². The van der Waals surface area contributed by atoms with Gasteiger partial charge in [0.1, 0.15) is 11.6 Å². The molecule has 0 saturated heterocycles. The van der Waals surface area contributed by atoms with E-state index >= 15 is 0 Å². The molecule has 0 spiro atoms. The maximum absolute atomic E-state index is 13.7. The Bertz CT molecular complexity index is 388. The molecular formula is C11H13F2NS. The van der Waals surface area contributed by atoms with E-state index in [-0.39, 0.29) is 17.0 Å². The molecule has 0 bridgehead atoms. The highest BCUT2D eigenvalue weighted by Crippen LogP contribution is 2.48. The van der Waals surface area contributed by atoms with Crippen molar-refractivity contribution in [1.29, 1.82) is 0 Å². The van der Waals surface area contributed by atoms with E-state index in [4.69, 9.17) is 5.73 Å². The van der Waals surface area contributed by atoms with E-state index in [2.05, 4.69) is 0 Å². The standard InChI is InChI=1S/C11H13F2NS/c1-15-10-5-8(12)7(4-9(10)13)11(6-14)2-3-11/h4-5H,2-3,6,14H2,1H3. The first kappa shape index (κ1) is 10.9. The summed E-state index contributed by atoms with van der Waals surface area (Å²) in [6.07, 6.45) is 3.45. The van der Waals surface area contributed by atoms with Gasteiger partial charge in [-0.25, -0.2) is 8.78 Å². The molecule has 0 radical (unpaired) electrons. The number of hydrogen-bond acceptors (Lipinski definition) is 2. The number of hydrogen-bond donors (Lipinski definition) is 1. The molecule has 0 aliphatic heterocycles. The van der Waals surface area contributed by atoms with E-state index in [0.29, 0.717) is 17.0 Å². The van der Waals surface area contributed by atoms with Crippen molar-refractivity contribution in [3.05, 3.63) is 29.3 Å². The maximum Gasteiger partial charge on any atom is 0.137 e. The van der Waals surface area contributed by atoms with E-state index in [1.165, 1.54) is 23.9 Å². The summed E-state index contributed by atoms with van der Waals surface area (Å²) in [5.74, 6) is -0.678. The predicted molar refractivity (Wildman–Crippen MR) is 58.1 cm³/mol. The van der Waals surface area contributed by atoms with E-state index in [0.717, 1.165) is 12.8 Å². The Morgan fingerprint density at radius 1 is 1.33 bits per heavy atom. The van der Waals surface area contributed by atoms with Gasteiger partial charge in [-0.3, -0.25) is 0 Å². The number of halogens is 2. The van der Waals surface area contributed by atoms with Crippen molar-refractivity contribution in [2.45, 2.75) is 23.2 Å². The first-order valence-electron chi connectivity index (χ1n) is 4.86. The van der Waals surface area contributed by atoms with Crippen LogP contribution in [0.15, 0.2) is 17.0 Å². The van der Waals surface area contributed by atoms with Gasteiger partial charge in [-0.05, 0) is 36.8 Å². The lowest BCUT2D eigenvalue weighted by Crippen LogP contribution is -2.21. The number of rotatable bonds is 3. The lowest BCUT2D eigenvalue weighted by molar-refractivity contribution is 0.540. The van der Waals surface area contributed by atoms with Crippen LogP contribution in [-0.2, 0) is 5.41 Å². The molecule has 0 unspecified atom stereocenters. The van der Waals surface area contributed by atoms with Crippen LogP contribution in [0.25, 0.3) is 0 Å². The van der Waals surface area contributed by atoms with Crippen molar-refractivity contribution in [3.63, 3.8) is 0 Å². The largest absolute Gasteiger partial charge is 0.330 e. The van der Waals surface area contributed by atoms with Crippen LogP contribution in [0, 0.1) is 11.6 Å². The summed E-state index contributed by atoms with van der Waals surface area (Å²) in [4.78, 5) is 0.351. The highest BCUT2D eigenvalue weighted by atomic mass is 32.2. The molecule has 4 heteroatoms. The molecule has 1 aliphatic carbocycles. The number of benzene rings is 1. The van der Waals surface area contributed by atoms with E-state index < -0.39 is 0 Å². The van der Waals surface area contributed by atoms with Crippen molar-refractivity contribution >= 4 is 11.8 Å². The Morgan fingerprint density at radius 2 is 2.00 bits per heavy atom. The number of thioether (sulfide) groups is 1. The zero-order valence-corrected chi connectivity index (χ0v) is 9.33. The Morgan fingerprint density at radius 3 is 2.47 bits per heavy atom. The van der Waals surface area contributed by atoms with Crippen LogP contribution in [0.3, 0.4) is 0 Å². The van der Waals surface area contributed by atoms with E-state index in [1.54, 1.807) is 6.26 Å². The molecule has 1 aromatic carbocycles. The third-order valence-electron chi connectivity index (χ3n) is 3.06. The molecule has 1 aromatic rings. The Hall–Kier alpha value is -0.610. The van der Waals surface area contributed by atoms with Crippen LogP contribution < -0.4 is 5.73 Å². The van der Waals surface area contributed by atoms with Gasteiger partial charge >= 0.3 is 0 Å². The quantitative estimate of drug-likeness (QED) is 0.806. The third kappa shape index (κ3) is 1.76. The lowest BCUT2D eigenvalue weighted by atomic mass is 9.95. The van der Waals surface area contributed by atoms with Gasteiger partial charge in [0, 0.05) is 16.9 Å².